The maximum Gasteiger partial charge on any atom is 0.272 e. The van der Waals surface area contributed by atoms with Crippen molar-refractivity contribution in [3.8, 4) is 11.3 Å². The van der Waals surface area contributed by atoms with Gasteiger partial charge in [-0.05, 0) is 61.9 Å². The van der Waals surface area contributed by atoms with Gasteiger partial charge in [-0.15, -0.1) is 10.2 Å². The van der Waals surface area contributed by atoms with Gasteiger partial charge in [0.1, 0.15) is 5.82 Å². The van der Waals surface area contributed by atoms with Gasteiger partial charge in [0.15, 0.2) is 5.69 Å². The highest BCUT2D eigenvalue weighted by Gasteiger charge is 2.25. The SMILES string of the molecule is CCc1c(F)cc(C(=O)NC2CC2)cc1-c1ccc(C(=O)NC2CCCC2)nn1. The predicted octanol–water partition coefficient (Wildman–Crippen LogP) is 3.41. The summed E-state index contributed by atoms with van der Waals surface area (Å²) in [6.07, 6.45) is 6.63. The first kappa shape index (κ1) is 19.5. The summed E-state index contributed by atoms with van der Waals surface area (Å²) in [6.45, 7) is 1.85. The average Bonchev–Trinajstić information content (AvgIpc) is 3.39. The second-order valence-corrected chi connectivity index (χ2v) is 7.84. The second-order valence-electron chi connectivity index (χ2n) is 7.84. The maximum atomic E-state index is 14.7. The van der Waals surface area contributed by atoms with Crippen molar-refractivity contribution in [3.05, 3.63) is 46.9 Å². The van der Waals surface area contributed by atoms with Gasteiger partial charge in [-0.3, -0.25) is 9.59 Å². The highest BCUT2D eigenvalue weighted by molar-refractivity contribution is 5.96. The van der Waals surface area contributed by atoms with Crippen LogP contribution in [0.2, 0.25) is 0 Å². The fraction of sp³-hybridized carbons (Fsp3) is 0.455. The van der Waals surface area contributed by atoms with E-state index in [-0.39, 0.29) is 35.2 Å². The molecular weight excluding hydrogens is 371 g/mol. The molecule has 0 spiro atoms. The van der Waals surface area contributed by atoms with Crippen molar-refractivity contribution in [2.24, 2.45) is 0 Å². The summed E-state index contributed by atoms with van der Waals surface area (Å²) in [5, 5.41) is 14.1. The molecule has 0 radical (unpaired) electrons. The number of amides is 2. The first-order valence-electron chi connectivity index (χ1n) is 10.3. The van der Waals surface area contributed by atoms with Gasteiger partial charge in [0.05, 0.1) is 5.69 Å². The molecule has 1 heterocycles. The van der Waals surface area contributed by atoms with Gasteiger partial charge in [-0.2, -0.15) is 0 Å². The Morgan fingerprint density at radius 1 is 1.00 bits per heavy atom. The number of aromatic nitrogens is 2. The van der Waals surface area contributed by atoms with Crippen molar-refractivity contribution in [2.75, 3.05) is 0 Å². The van der Waals surface area contributed by atoms with Gasteiger partial charge in [0, 0.05) is 23.2 Å². The third kappa shape index (κ3) is 4.44. The van der Waals surface area contributed by atoms with E-state index < -0.39 is 5.82 Å². The smallest absolute Gasteiger partial charge is 0.272 e. The Hall–Kier alpha value is -2.83. The van der Waals surface area contributed by atoms with Gasteiger partial charge in [0.2, 0.25) is 0 Å². The Morgan fingerprint density at radius 2 is 1.69 bits per heavy atom. The quantitative estimate of drug-likeness (QED) is 0.784. The molecule has 4 rings (SSSR count). The van der Waals surface area contributed by atoms with Crippen molar-refractivity contribution < 1.29 is 14.0 Å². The van der Waals surface area contributed by atoms with Crippen LogP contribution in [-0.2, 0) is 6.42 Å². The molecule has 7 heteroatoms. The Morgan fingerprint density at radius 3 is 2.31 bits per heavy atom. The van der Waals surface area contributed by atoms with E-state index in [0.717, 1.165) is 38.5 Å². The molecule has 0 unspecified atom stereocenters. The molecule has 29 heavy (non-hydrogen) atoms. The minimum absolute atomic E-state index is 0.192. The highest BCUT2D eigenvalue weighted by atomic mass is 19.1. The Bertz CT molecular complexity index is 919. The summed E-state index contributed by atoms with van der Waals surface area (Å²) in [4.78, 5) is 24.7. The number of carbonyl (C=O) groups excluding carboxylic acids is 2. The standard InChI is InChI=1S/C22H25FN4O2/c1-2-16-17(11-13(12-18(16)23)21(28)24-15-7-8-15)19-9-10-20(27-26-19)22(29)25-14-5-3-4-6-14/h9-12,14-15H,2-8H2,1H3,(H,24,28)(H,25,29). The first-order valence-corrected chi connectivity index (χ1v) is 10.3. The number of benzene rings is 1. The summed E-state index contributed by atoms with van der Waals surface area (Å²) >= 11 is 0. The third-order valence-electron chi connectivity index (χ3n) is 5.59. The lowest BCUT2D eigenvalue weighted by Gasteiger charge is -2.13. The maximum absolute atomic E-state index is 14.7. The molecule has 2 aliphatic rings. The van der Waals surface area contributed by atoms with Crippen LogP contribution in [0.15, 0.2) is 24.3 Å². The van der Waals surface area contributed by atoms with Crippen LogP contribution in [0, 0.1) is 5.82 Å². The van der Waals surface area contributed by atoms with Crippen LogP contribution in [0.3, 0.4) is 0 Å². The van der Waals surface area contributed by atoms with Crippen LogP contribution >= 0.6 is 0 Å². The van der Waals surface area contributed by atoms with Gasteiger partial charge in [-0.25, -0.2) is 4.39 Å². The Balaban J connectivity index is 1.58. The predicted molar refractivity (Wildman–Crippen MR) is 107 cm³/mol. The summed E-state index contributed by atoms with van der Waals surface area (Å²) in [7, 11) is 0. The van der Waals surface area contributed by atoms with E-state index in [4.69, 9.17) is 0 Å². The molecule has 2 aromatic rings. The molecule has 2 N–H and O–H groups in total. The Kier molecular flexibility index (Phi) is 5.56. The molecule has 1 aromatic carbocycles. The zero-order valence-corrected chi connectivity index (χ0v) is 16.5. The van der Waals surface area contributed by atoms with Crippen LogP contribution in [-0.4, -0.2) is 34.1 Å². The topological polar surface area (TPSA) is 84.0 Å². The van der Waals surface area contributed by atoms with Crippen LogP contribution in [0.5, 0.6) is 0 Å². The second kappa shape index (κ2) is 8.27. The molecule has 6 nitrogen and oxygen atoms in total. The Labute approximate surface area is 169 Å². The van der Waals surface area contributed by atoms with E-state index in [1.807, 2.05) is 6.92 Å². The molecule has 1 aromatic heterocycles. The van der Waals surface area contributed by atoms with Crippen molar-refractivity contribution in [3.63, 3.8) is 0 Å². The van der Waals surface area contributed by atoms with Crippen LogP contribution in [0.4, 0.5) is 4.39 Å². The van der Waals surface area contributed by atoms with Crippen molar-refractivity contribution in [1.29, 1.82) is 0 Å². The molecule has 0 atom stereocenters. The lowest BCUT2D eigenvalue weighted by Crippen LogP contribution is -2.33. The van der Waals surface area contributed by atoms with E-state index in [1.54, 1.807) is 18.2 Å². The number of hydrogen-bond donors (Lipinski definition) is 2. The zero-order chi connectivity index (χ0) is 20.4. The number of rotatable bonds is 6. The molecule has 0 aliphatic heterocycles. The summed E-state index contributed by atoms with van der Waals surface area (Å²) in [5.41, 5.74) is 1.96. The van der Waals surface area contributed by atoms with Gasteiger partial charge >= 0.3 is 0 Å². The minimum Gasteiger partial charge on any atom is -0.349 e. The van der Waals surface area contributed by atoms with Gasteiger partial charge in [-0.1, -0.05) is 19.8 Å². The molecule has 0 bridgehead atoms. The number of halogens is 1. The summed E-state index contributed by atoms with van der Waals surface area (Å²) < 4.78 is 14.7. The highest BCUT2D eigenvalue weighted by Crippen LogP contribution is 2.27. The molecule has 2 fully saturated rings. The zero-order valence-electron chi connectivity index (χ0n) is 16.5. The monoisotopic (exact) mass is 396 g/mol. The van der Waals surface area contributed by atoms with Gasteiger partial charge in [0.25, 0.3) is 11.8 Å². The van der Waals surface area contributed by atoms with Crippen molar-refractivity contribution in [1.82, 2.24) is 20.8 Å². The fourth-order valence-electron chi connectivity index (χ4n) is 3.78. The number of nitrogens with zero attached hydrogens (tertiary/aromatic N) is 2. The van der Waals surface area contributed by atoms with Crippen molar-refractivity contribution >= 4 is 11.8 Å². The van der Waals surface area contributed by atoms with Gasteiger partial charge < -0.3 is 10.6 Å². The fourth-order valence-corrected chi connectivity index (χ4v) is 3.78. The lowest BCUT2D eigenvalue weighted by molar-refractivity contribution is 0.0928. The number of carbonyl (C=O) groups is 2. The first-order chi connectivity index (χ1) is 14.0. The molecule has 2 saturated carbocycles. The van der Waals surface area contributed by atoms with Crippen molar-refractivity contribution in [2.45, 2.75) is 64.0 Å². The van der Waals surface area contributed by atoms with E-state index in [2.05, 4.69) is 20.8 Å². The van der Waals surface area contributed by atoms with E-state index in [9.17, 15) is 14.0 Å². The molecule has 0 saturated heterocycles. The largest absolute Gasteiger partial charge is 0.349 e. The molecular formula is C22H25FN4O2. The third-order valence-corrected chi connectivity index (χ3v) is 5.59. The molecule has 2 amide bonds. The summed E-state index contributed by atoms with van der Waals surface area (Å²) in [6, 6.07) is 6.58. The number of nitrogens with one attached hydrogen (secondary N) is 2. The average molecular weight is 396 g/mol. The van der Waals surface area contributed by atoms with Crippen LogP contribution in [0.1, 0.15) is 71.9 Å². The minimum atomic E-state index is -0.434. The van der Waals surface area contributed by atoms with E-state index in [0.29, 0.717) is 23.2 Å². The normalized spacial score (nSPS) is 16.6. The van der Waals surface area contributed by atoms with Crippen LogP contribution < -0.4 is 10.6 Å². The van der Waals surface area contributed by atoms with E-state index >= 15 is 0 Å². The number of hydrogen-bond acceptors (Lipinski definition) is 4. The van der Waals surface area contributed by atoms with Crippen LogP contribution in [0.25, 0.3) is 11.3 Å². The summed E-state index contributed by atoms with van der Waals surface area (Å²) in [5.74, 6) is -0.956. The lowest BCUT2D eigenvalue weighted by atomic mass is 9.98. The molecule has 152 valence electrons. The molecule has 2 aliphatic carbocycles. The van der Waals surface area contributed by atoms with E-state index in [1.165, 1.54) is 6.07 Å².